The van der Waals surface area contributed by atoms with E-state index in [0.717, 1.165) is 16.8 Å². The average Bonchev–Trinajstić information content (AvgIpc) is 2.77. The van der Waals surface area contributed by atoms with Crippen LogP contribution in [0.5, 0.6) is 5.88 Å². The summed E-state index contributed by atoms with van der Waals surface area (Å²) in [5, 5.41) is 11.0. The number of ether oxygens (including phenoxy) is 1. The van der Waals surface area contributed by atoms with E-state index in [9.17, 15) is 17.6 Å². The molecule has 3 N–H and O–H groups in total. The molecule has 0 saturated carbocycles. The number of amidine groups is 1. The lowest BCUT2D eigenvalue weighted by Crippen LogP contribution is -2.14. The molecule has 0 unspecified atom stereocenters. The van der Waals surface area contributed by atoms with Crippen molar-refractivity contribution in [1.82, 2.24) is 9.78 Å². The Hall–Kier alpha value is -2.58. The highest BCUT2D eigenvalue weighted by Gasteiger charge is 2.17. The zero-order valence-electron chi connectivity index (χ0n) is 10.5. The van der Waals surface area contributed by atoms with Gasteiger partial charge in [-0.3, -0.25) is 5.41 Å². The number of aromatic nitrogens is 2. The molecule has 5 nitrogen and oxygen atoms in total. The lowest BCUT2D eigenvalue weighted by molar-refractivity contribution is -0.0556. The van der Waals surface area contributed by atoms with Crippen LogP contribution in [0.1, 0.15) is 11.3 Å². The van der Waals surface area contributed by atoms with E-state index in [1.54, 1.807) is 0 Å². The number of nitrogens with zero attached hydrogens (tertiary/aromatic N) is 2. The monoisotopic (exact) mass is 302 g/mol. The molecule has 0 aliphatic carbocycles. The summed E-state index contributed by atoms with van der Waals surface area (Å²) < 4.78 is 56.4. The van der Waals surface area contributed by atoms with Gasteiger partial charge in [0.1, 0.15) is 11.5 Å². The SMILES string of the molecule is N=C(N)c1cc(OC(F)F)n(Cc2cccc(F)c2F)n1. The van der Waals surface area contributed by atoms with Crippen LogP contribution >= 0.6 is 0 Å². The van der Waals surface area contributed by atoms with E-state index in [4.69, 9.17) is 11.1 Å². The fourth-order valence-corrected chi connectivity index (χ4v) is 1.66. The largest absolute Gasteiger partial charge is 0.417 e. The molecule has 0 spiro atoms. The van der Waals surface area contributed by atoms with E-state index in [1.807, 2.05) is 0 Å². The second kappa shape index (κ2) is 5.81. The molecule has 112 valence electrons. The molecule has 1 aromatic heterocycles. The van der Waals surface area contributed by atoms with Crippen molar-refractivity contribution in [2.24, 2.45) is 5.73 Å². The van der Waals surface area contributed by atoms with Gasteiger partial charge in [0.15, 0.2) is 11.6 Å². The van der Waals surface area contributed by atoms with Crippen molar-refractivity contribution >= 4 is 5.84 Å². The lowest BCUT2D eigenvalue weighted by atomic mass is 10.2. The van der Waals surface area contributed by atoms with Crippen molar-refractivity contribution in [2.75, 3.05) is 0 Å². The van der Waals surface area contributed by atoms with E-state index in [2.05, 4.69) is 9.84 Å². The van der Waals surface area contributed by atoms with Gasteiger partial charge < -0.3 is 10.5 Å². The van der Waals surface area contributed by atoms with Gasteiger partial charge in [-0.1, -0.05) is 12.1 Å². The minimum Gasteiger partial charge on any atom is -0.417 e. The Morgan fingerprint density at radius 3 is 2.71 bits per heavy atom. The van der Waals surface area contributed by atoms with E-state index in [-0.39, 0.29) is 17.8 Å². The van der Waals surface area contributed by atoms with Crippen molar-refractivity contribution in [3.05, 3.63) is 47.2 Å². The van der Waals surface area contributed by atoms with E-state index < -0.39 is 30.0 Å². The number of alkyl halides is 2. The summed E-state index contributed by atoms with van der Waals surface area (Å²) in [5.41, 5.74) is 4.99. The lowest BCUT2D eigenvalue weighted by Gasteiger charge is -2.09. The zero-order valence-corrected chi connectivity index (χ0v) is 10.5. The van der Waals surface area contributed by atoms with Crippen LogP contribution in [0.4, 0.5) is 17.6 Å². The highest BCUT2D eigenvalue weighted by Crippen LogP contribution is 2.20. The average molecular weight is 302 g/mol. The van der Waals surface area contributed by atoms with Gasteiger partial charge in [0.2, 0.25) is 5.88 Å². The molecule has 0 amide bonds. The first kappa shape index (κ1) is 14.8. The summed E-state index contributed by atoms with van der Waals surface area (Å²) in [6.07, 6.45) is 0. The molecule has 0 saturated heterocycles. The Labute approximate surface area is 116 Å². The van der Waals surface area contributed by atoms with Crippen molar-refractivity contribution in [3.8, 4) is 5.88 Å². The molecule has 0 aliphatic heterocycles. The summed E-state index contributed by atoms with van der Waals surface area (Å²) in [6.45, 7) is -3.48. The number of hydrogen-bond donors (Lipinski definition) is 2. The van der Waals surface area contributed by atoms with Gasteiger partial charge in [-0.25, -0.2) is 13.5 Å². The van der Waals surface area contributed by atoms with Gasteiger partial charge in [0, 0.05) is 11.6 Å². The standard InChI is InChI=1S/C12H10F4N4O/c13-7-3-1-2-6(10(7)14)5-20-9(21-12(15)16)4-8(19-20)11(17)18/h1-4,12H,5H2,(H3,17,18). The maximum absolute atomic E-state index is 13.6. The van der Waals surface area contributed by atoms with E-state index in [0.29, 0.717) is 0 Å². The first-order chi connectivity index (χ1) is 9.88. The number of hydrogen-bond acceptors (Lipinski definition) is 3. The minimum atomic E-state index is -3.13. The third-order valence-corrected chi connectivity index (χ3v) is 2.58. The molecule has 0 bridgehead atoms. The third kappa shape index (κ3) is 3.30. The molecule has 2 rings (SSSR count). The molecule has 2 aromatic rings. The summed E-state index contributed by atoms with van der Waals surface area (Å²) in [5.74, 6) is -3.05. The van der Waals surface area contributed by atoms with Crippen LogP contribution < -0.4 is 10.5 Å². The van der Waals surface area contributed by atoms with Crippen LogP contribution in [0, 0.1) is 17.0 Å². The number of nitrogen functional groups attached to an aromatic ring is 1. The highest BCUT2D eigenvalue weighted by atomic mass is 19.3. The second-order valence-electron chi connectivity index (χ2n) is 4.03. The van der Waals surface area contributed by atoms with Gasteiger partial charge in [-0.15, -0.1) is 0 Å². The minimum absolute atomic E-state index is 0.104. The van der Waals surface area contributed by atoms with Crippen molar-refractivity contribution in [2.45, 2.75) is 13.2 Å². The normalized spacial score (nSPS) is 10.9. The molecule has 9 heteroatoms. The topological polar surface area (TPSA) is 76.9 Å². The highest BCUT2D eigenvalue weighted by molar-refractivity contribution is 5.93. The smallest absolute Gasteiger partial charge is 0.388 e. The molecular weight excluding hydrogens is 292 g/mol. The van der Waals surface area contributed by atoms with Gasteiger partial charge in [-0.05, 0) is 6.07 Å². The molecule has 0 fully saturated rings. The number of rotatable bonds is 5. The molecular formula is C12H10F4N4O. The van der Waals surface area contributed by atoms with Gasteiger partial charge >= 0.3 is 6.61 Å². The van der Waals surface area contributed by atoms with Gasteiger partial charge in [0.05, 0.1) is 6.54 Å². The van der Waals surface area contributed by atoms with Crippen LogP contribution in [0.15, 0.2) is 24.3 Å². The fraction of sp³-hybridized carbons (Fsp3) is 0.167. The summed E-state index contributed by atoms with van der Waals surface area (Å²) in [4.78, 5) is 0. The summed E-state index contributed by atoms with van der Waals surface area (Å²) in [7, 11) is 0. The molecule has 1 aromatic carbocycles. The number of nitrogens with two attached hydrogens (primary N) is 1. The van der Waals surface area contributed by atoms with Crippen LogP contribution in [-0.4, -0.2) is 22.2 Å². The number of benzene rings is 1. The zero-order chi connectivity index (χ0) is 15.6. The Kier molecular flexibility index (Phi) is 4.10. The van der Waals surface area contributed by atoms with Crippen LogP contribution in [0.2, 0.25) is 0 Å². The van der Waals surface area contributed by atoms with Gasteiger partial charge in [0.25, 0.3) is 0 Å². The van der Waals surface area contributed by atoms with E-state index in [1.165, 1.54) is 12.1 Å². The van der Waals surface area contributed by atoms with Crippen LogP contribution in [0.25, 0.3) is 0 Å². The Morgan fingerprint density at radius 2 is 2.10 bits per heavy atom. The van der Waals surface area contributed by atoms with Gasteiger partial charge in [-0.2, -0.15) is 13.9 Å². The number of halogens is 4. The molecule has 21 heavy (non-hydrogen) atoms. The predicted octanol–water partition coefficient (Wildman–Crippen LogP) is 2.10. The summed E-state index contributed by atoms with van der Waals surface area (Å²) in [6, 6.07) is 4.50. The van der Waals surface area contributed by atoms with Crippen molar-refractivity contribution in [1.29, 1.82) is 5.41 Å². The maximum Gasteiger partial charge on any atom is 0.388 e. The van der Waals surface area contributed by atoms with Crippen molar-refractivity contribution < 1.29 is 22.3 Å². The third-order valence-electron chi connectivity index (χ3n) is 2.58. The molecule has 0 aliphatic rings. The molecule has 0 radical (unpaired) electrons. The maximum atomic E-state index is 13.6. The molecule has 1 heterocycles. The summed E-state index contributed by atoms with van der Waals surface area (Å²) >= 11 is 0. The molecule has 0 atom stereocenters. The fourth-order valence-electron chi connectivity index (χ4n) is 1.66. The van der Waals surface area contributed by atoms with Crippen molar-refractivity contribution in [3.63, 3.8) is 0 Å². The Balaban J connectivity index is 2.37. The predicted molar refractivity (Wildman–Crippen MR) is 65.3 cm³/mol. The quantitative estimate of drug-likeness (QED) is 0.504. The van der Waals surface area contributed by atoms with Crippen LogP contribution in [0.3, 0.4) is 0 Å². The first-order valence-electron chi connectivity index (χ1n) is 5.68. The Morgan fingerprint density at radius 1 is 1.38 bits per heavy atom. The Bertz CT molecular complexity index is 671. The van der Waals surface area contributed by atoms with Crippen LogP contribution in [-0.2, 0) is 6.54 Å². The number of nitrogens with one attached hydrogen (secondary N) is 1. The second-order valence-corrected chi connectivity index (χ2v) is 4.03. The van der Waals surface area contributed by atoms with E-state index >= 15 is 0 Å². The first-order valence-corrected chi connectivity index (χ1v) is 5.68.